The molecule has 0 spiro atoms. The van der Waals surface area contributed by atoms with Gasteiger partial charge < -0.3 is 11.1 Å². The van der Waals surface area contributed by atoms with Gasteiger partial charge in [0.1, 0.15) is 0 Å². The Labute approximate surface area is 134 Å². The van der Waals surface area contributed by atoms with E-state index in [2.05, 4.69) is 5.32 Å². The summed E-state index contributed by atoms with van der Waals surface area (Å²) < 4.78 is 0. The lowest BCUT2D eigenvalue weighted by molar-refractivity contribution is -0.116. The molecule has 2 aromatic rings. The number of rotatable bonds is 7. The van der Waals surface area contributed by atoms with E-state index in [-0.39, 0.29) is 17.6 Å². The van der Waals surface area contributed by atoms with Crippen LogP contribution in [-0.2, 0) is 16.0 Å². The van der Waals surface area contributed by atoms with E-state index >= 15 is 0 Å². The fourth-order valence-corrected chi connectivity index (χ4v) is 2.71. The topological polar surface area (TPSA) is 72.2 Å². The third-order valence-electron chi connectivity index (χ3n) is 3.01. The van der Waals surface area contributed by atoms with Gasteiger partial charge in [0.2, 0.25) is 11.8 Å². The predicted molar refractivity (Wildman–Crippen MR) is 89.8 cm³/mol. The highest BCUT2D eigenvalue weighted by Gasteiger charge is 2.08. The van der Waals surface area contributed by atoms with Crippen LogP contribution in [-0.4, -0.2) is 17.6 Å². The Hall–Kier alpha value is -2.27. The van der Waals surface area contributed by atoms with Crippen molar-refractivity contribution in [2.45, 2.75) is 17.7 Å². The molecule has 0 saturated carbocycles. The van der Waals surface area contributed by atoms with Gasteiger partial charge in [-0.2, -0.15) is 0 Å². The lowest BCUT2D eigenvalue weighted by Gasteiger charge is -2.10. The summed E-state index contributed by atoms with van der Waals surface area (Å²) in [6.07, 6.45) is 1.11. The molecule has 0 bridgehead atoms. The van der Waals surface area contributed by atoms with Crippen molar-refractivity contribution in [3.05, 3.63) is 60.2 Å². The molecule has 4 nitrogen and oxygen atoms in total. The van der Waals surface area contributed by atoms with Crippen molar-refractivity contribution in [1.29, 1.82) is 0 Å². The van der Waals surface area contributed by atoms with Crippen LogP contribution in [0.15, 0.2) is 59.5 Å². The monoisotopic (exact) mass is 314 g/mol. The highest BCUT2D eigenvalue weighted by Crippen LogP contribution is 2.26. The first-order chi connectivity index (χ1) is 10.6. The largest absolute Gasteiger partial charge is 0.369 e. The molecule has 2 aromatic carbocycles. The summed E-state index contributed by atoms with van der Waals surface area (Å²) in [5.41, 5.74) is 7.00. The number of aryl methyl sites for hydroxylation is 1. The minimum atomic E-state index is -0.379. The molecular formula is C17H18N2O2S. The van der Waals surface area contributed by atoms with Crippen molar-refractivity contribution in [3.8, 4) is 0 Å². The number of carbonyl (C=O) groups is 2. The number of benzene rings is 2. The molecule has 0 saturated heterocycles. The zero-order valence-electron chi connectivity index (χ0n) is 12.1. The summed E-state index contributed by atoms with van der Waals surface area (Å²) in [4.78, 5) is 23.8. The van der Waals surface area contributed by atoms with E-state index in [0.717, 1.165) is 10.5 Å². The standard InChI is InChI=1S/C17H18N2O2S/c18-16(20)12-22-15-9-5-4-8-14(15)19-17(21)11-10-13-6-2-1-3-7-13/h1-9H,10-12H2,(H2,18,20)(H,19,21). The predicted octanol–water partition coefficient (Wildman–Crippen LogP) is 2.84. The lowest BCUT2D eigenvalue weighted by Crippen LogP contribution is -2.15. The van der Waals surface area contributed by atoms with E-state index in [1.54, 1.807) is 0 Å². The number of nitrogens with two attached hydrogens (primary N) is 1. The molecule has 2 rings (SSSR count). The molecule has 22 heavy (non-hydrogen) atoms. The molecule has 2 amide bonds. The minimum Gasteiger partial charge on any atom is -0.369 e. The van der Waals surface area contributed by atoms with Crippen LogP contribution in [0.5, 0.6) is 0 Å². The molecule has 0 aromatic heterocycles. The van der Waals surface area contributed by atoms with E-state index in [9.17, 15) is 9.59 Å². The van der Waals surface area contributed by atoms with Crippen LogP contribution < -0.4 is 11.1 Å². The van der Waals surface area contributed by atoms with Gasteiger partial charge in [0, 0.05) is 11.3 Å². The Balaban J connectivity index is 1.92. The fraction of sp³-hybridized carbons (Fsp3) is 0.176. The highest BCUT2D eigenvalue weighted by molar-refractivity contribution is 8.00. The number of amides is 2. The number of hydrogen-bond donors (Lipinski definition) is 2. The van der Waals surface area contributed by atoms with Gasteiger partial charge >= 0.3 is 0 Å². The molecule has 0 heterocycles. The van der Waals surface area contributed by atoms with E-state index in [1.165, 1.54) is 11.8 Å². The maximum absolute atomic E-state index is 12.1. The van der Waals surface area contributed by atoms with Crippen molar-refractivity contribution in [1.82, 2.24) is 0 Å². The van der Waals surface area contributed by atoms with Crippen LogP contribution in [0.1, 0.15) is 12.0 Å². The number of thioether (sulfide) groups is 1. The van der Waals surface area contributed by atoms with Crippen molar-refractivity contribution in [2.75, 3.05) is 11.1 Å². The van der Waals surface area contributed by atoms with Crippen LogP contribution >= 0.6 is 11.8 Å². The van der Waals surface area contributed by atoms with Gasteiger partial charge in [-0.3, -0.25) is 9.59 Å². The van der Waals surface area contributed by atoms with Gasteiger partial charge in [0.05, 0.1) is 11.4 Å². The summed E-state index contributed by atoms with van der Waals surface area (Å²) in [5.74, 6) is -0.233. The molecule has 114 valence electrons. The Morgan fingerprint density at radius 1 is 1.00 bits per heavy atom. The van der Waals surface area contributed by atoms with E-state index in [4.69, 9.17) is 5.73 Å². The minimum absolute atomic E-state index is 0.0454. The van der Waals surface area contributed by atoms with Crippen molar-refractivity contribution < 1.29 is 9.59 Å². The number of carbonyl (C=O) groups excluding carboxylic acids is 2. The maximum Gasteiger partial charge on any atom is 0.227 e. The molecular weight excluding hydrogens is 296 g/mol. The smallest absolute Gasteiger partial charge is 0.227 e. The van der Waals surface area contributed by atoms with Crippen LogP contribution in [0.4, 0.5) is 5.69 Å². The Kier molecular flexibility index (Phi) is 6.03. The summed E-state index contributed by atoms with van der Waals surface area (Å²) in [7, 11) is 0. The summed E-state index contributed by atoms with van der Waals surface area (Å²) in [6.45, 7) is 0. The fourth-order valence-electron chi connectivity index (χ4n) is 1.96. The quantitative estimate of drug-likeness (QED) is 0.772. The van der Waals surface area contributed by atoms with Gasteiger partial charge in [-0.15, -0.1) is 11.8 Å². The third-order valence-corrected chi connectivity index (χ3v) is 4.11. The van der Waals surface area contributed by atoms with E-state index < -0.39 is 0 Å². The van der Waals surface area contributed by atoms with Gasteiger partial charge in [0.15, 0.2) is 0 Å². The SMILES string of the molecule is NC(=O)CSc1ccccc1NC(=O)CCc1ccccc1. The van der Waals surface area contributed by atoms with E-state index in [1.807, 2.05) is 54.6 Å². The number of primary amides is 1. The second kappa shape index (κ2) is 8.24. The normalized spacial score (nSPS) is 10.2. The highest BCUT2D eigenvalue weighted by atomic mass is 32.2. The van der Waals surface area contributed by atoms with Crippen LogP contribution in [0.2, 0.25) is 0 Å². The second-order valence-corrected chi connectivity index (χ2v) is 5.80. The molecule has 0 atom stereocenters. The van der Waals surface area contributed by atoms with Gasteiger partial charge in [0.25, 0.3) is 0 Å². The first-order valence-corrected chi connectivity index (χ1v) is 7.97. The van der Waals surface area contributed by atoms with Gasteiger partial charge in [-0.25, -0.2) is 0 Å². The average molecular weight is 314 g/mol. The number of para-hydroxylation sites is 1. The van der Waals surface area contributed by atoms with Crippen molar-refractivity contribution in [3.63, 3.8) is 0 Å². The van der Waals surface area contributed by atoms with Crippen LogP contribution in [0.3, 0.4) is 0 Å². The number of anilines is 1. The molecule has 5 heteroatoms. The molecule has 0 aliphatic heterocycles. The van der Waals surface area contributed by atoms with E-state index in [0.29, 0.717) is 18.5 Å². The summed E-state index contributed by atoms with van der Waals surface area (Å²) in [5, 5.41) is 2.89. The maximum atomic E-state index is 12.1. The molecule has 0 aliphatic rings. The average Bonchev–Trinajstić information content (AvgIpc) is 2.53. The molecule has 0 unspecified atom stereocenters. The zero-order chi connectivity index (χ0) is 15.8. The van der Waals surface area contributed by atoms with Crippen LogP contribution in [0.25, 0.3) is 0 Å². The first-order valence-electron chi connectivity index (χ1n) is 6.99. The molecule has 3 N–H and O–H groups in total. The molecule has 0 aliphatic carbocycles. The number of hydrogen-bond acceptors (Lipinski definition) is 3. The molecule has 0 radical (unpaired) electrons. The summed E-state index contributed by atoms with van der Waals surface area (Å²) >= 11 is 1.32. The van der Waals surface area contributed by atoms with Crippen molar-refractivity contribution in [2.24, 2.45) is 5.73 Å². The van der Waals surface area contributed by atoms with Crippen molar-refractivity contribution >= 4 is 29.3 Å². The van der Waals surface area contributed by atoms with Gasteiger partial charge in [-0.05, 0) is 24.1 Å². The van der Waals surface area contributed by atoms with Crippen LogP contribution in [0, 0.1) is 0 Å². The Bertz CT molecular complexity index is 644. The molecule has 0 fully saturated rings. The second-order valence-electron chi connectivity index (χ2n) is 4.78. The number of nitrogens with one attached hydrogen (secondary N) is 1. The Morgan fingerprint density at radius 3 is 2.41 bits per heavy atom. The van der Waals surface area contributed by atoms with Gasteiger partial charge in [-0.1, -0.05) is 42.5 Å². The Morgan fingerprint density at radius 2 is 1.68 bits per heavy atom. The summed E-state index contributed by atoms with van der Waals surface area (Å²) in [6, 6.07) is 17.3. The first kappa shape index (κ1) is 16.1. The third kappa shape index (κ3) is 5.26. The zero-order valence-corrected chi connectivity index (χ0v) is 12.9. The lowest BCUT2D eigenvalue weighted by atomic mass is 10.1.